The molecular formula is C16H18BrN5O. The van der Waals surface area contributed by atoms with Gasteiger partial charge in [-0.1, -0.05) is 13.3 Å². The highest BCUT2D eigenvalue weighted by Crippen LogP contribution is 2.23. The number of unbranched alkanes of at least 4 members (excludes halogenated alkanes) is 1. The molecule has 3 aromatic heterocycles. The zero-order valence-electron chi connectivity index (χ0n) is 13.2. The molecule has 0 spiro atoms. The Morgan fingerprint density at radius 1 is 1.17 bits per heavy atom. The average molecular weight is 376 g/mol. The maximum atomic E-state index is 5.92. The van der Waals surface area contributed by atoms with Crippen LogP contribution < -0.4 is 4.74 Å². The van der Waals surface area contributed by atoms with Crippen molar-refractivity contribution in [1.29, 1.82) is 0 Å². The summed E-state index contributed by atoms with van der Waals surface area (Å²) in [6, 6.07) is 1.95. The van der Waals surface area contributed by atoms with Gasteiger partial charge in [0.05, 0.1) is 28.3 Å². The Morgan fingerprint density at radius 3 is 2.78 bits per heavy atom. The summed E-state index contributed by atoms with van der Waals surface area (Å²) in [7, 11) is 0. The molecule has 0 aliphatic carbocycles. The minimum Gasteiger partial charge on any atom is -0.471 e. The highest BCUT2D eigenvalue weighted by molar-refractivity contribution is 9.10. The maximum Gasteiger partial charge on any atom is 0.218 e. The van der Waals surface area contributed by atoms with Crippen LogP contribution in [-0.2, 0) is 13.0 Å². The van der Waals surface area contributed by atoms with Crippen molar-refractivity contribution in [3.05, 3.63) is 46.2 Å². The van der Waals surface area contributed by atoms with Gasteiger partial charge in [-0.05, 0) is 35.7 Å². The van der Waals surface area contributed by atoms with E-state index in [2.05, 4.69) is 42.9 Å². The Labute approximate surface area is 143 Å². The van der Waals surface area contributed by atoms with Gasteiger partial charge in [-0.3, -0.25) is 9.97 Å². The van der Waals surface area contributed by atoms with Gasteiger partial charge in [0, 0.05) is 18.0 Å². The first-order valence-electron chi connectivity index (χ1n) is 7.61. The number of nitrogens with zero attached hydrogens (tertiary/aromatic N) is 5. The largest absolute Gasteiger partial charge is 0.471 e. The van der Waals surface area contributed by atoms with Gasteiger partial charge in [0.15, 0.2) is 5.65 Å². The Bertz CT molecular complexity index is 800. The predicted octanol–water partition coefficient (Wildman–Crippen LogP) is 3.51. The molecule has 0 saturated heterocycles. The van der Waals surface area contributed by atoms with E-state index in [0.29, 0.717) is 12.5 Å². The molecule has 0 radical (unpaired) electrons. The normalized spacial score (nSPS) is 11.1. The van der Waals surface area contributed by atoms with E-state index in [0.717, 1.165) is 46.5 Å². The first kappa shape index (κ1) is 15.9. The second-order valence-corrected chi connectivity index (χ2v) is 6.21. The van der Waals surface area contributed by atoms with E-state index in [1.165, 1.54) is 0 Å². The minimum atomic E-state index is 0.344. The average Bonchev–Trinajstić information content (AvgIpc) is 2.93. The molecule has 0 atom stereocenters. The molecule has 3 aromatic rings. The van der Waals surface area contributed by atoms with Crippen LogP contribution in [0, 0.1) is 6.92 Å². The van der Waals surface area contributed by atoms with Crippen molar-refractivity contribution in [2.45, 2.75) is 39.7 Å². The summed E-state index contributed by atoms with van der Waals surface area (Å²) in [6.45, 7) is 4.42. The van der Waals surface area contributed by atoms with Crippen LogP contribution in [0.15, 0.2) is 29.1 Å². The maximum absolute atomic E-state index is 5.92. The first-order chi connectivity index (χ1) is 11.2. The van der Waals surface area contributed by atoms with Gasteiger partial charge in [0.25, 0.3) is 0 Å². The lowest BCUT2D eigenvalue weighted by Gasteiger charge is -2.09. The summed E-state index contributed by atoms with van der Waals surface area (Å²) in [5.74, 6) is 0.661. The van der Waals surface area contributed by atoms with Gasteiger partial charge >= 0.3 is 0 Å². The Balaban J connectivity index is 1.87. The highest BCUT2D eigenvalue weighted by Gasteiger charge is 2.11. The summed E-state index contributed by atoms with van der Waals surface area (Å²) >= 11 is 3.48. The van der Waals surface area contributed by atoms with Crippen LogP contribution in [0.1, 0.15) is 36.8 Å². The number of rotatable bonds is 6. The third-order valence-electron chi connectivity index (χ3n) is 3.44. The first-order valence-corrected chi connectivity index (χ1v) is 8.40. The lowest BCUT2D eigenvalue weighted by Crippen LogP contribution is -2.06. The second kappa shape index (κ2) is 7.04. The minimum absolute atomic E-state index is 0.344. The van der Waals surface area contributed by atoms with Crippen LogP contribution in [0.4, 0.5) is 0 Å². The summed E-state index contributed by atoms with van der Waals surface area (Å²) < 4.78 is 8.47. The Hall–Kier alpha value is -2.02. The molecule has 0 aliphatic rings. The molecule has 0 saturated carbocycles. The smallest absolute Gasteiger partial charge is 0.218 e. The van der Waals surface area contributed by atoms with Crippen LogP contribution in [0.25, 0.3) is 5.65 Å². The number of halogens is 1. The zero-order valence-corrected chi connectivity index (χ0v) is 14.7. The van der Waals surface area contributed by atoms with Crippen molar-refractivity contribution in [2.24, 2.45) is 0 Å². The summed E-state index contributed by atoms with van der Waals surface area (Å²) in [5, 5.41) is 4.31. The summed E-state index contributed by atoms with van der Waals surface area (Å²) in [6.07, 6.45) is 8.33. The molecule has 3 rings (SSSR count). The van der Waals surface area contributed by atoms with E-state index in [4.69, 9.17) is 4.74 Å². The molecule has 0 aliphatic heterocycles. The number of ether oxygens (including phenoxy) is 1. The van der Waals surface area contributed by atoms with Gasteiger partial charge in [-0.2, -0.15) is 9.61 Å². The molecular weight excluding hydrogens is 358 g/mol. The van der Waals surface area contributed by atoms with E-state index in [9.17, 15) is 0 Å². The number of hydrogen-bond acceptors (Lipinski definition) is 5. The molecule has 120 valence electrons. The molecule has 7 heteroatoms. The Morgan fingerprint density at radius 2 is 2.04 bits per heavy atom. The highest BCUT2D eigenvalue weighted by atomic mass is 79.9. The van der Waals surface area contributed by atoms with Crippen molar-refractivity contribution in [3.63, 3.8) is 0 Å². The van der Waals surface area contributed by atoms with E-state index in [1.54, 1.807) is 23.1 Å². The molecule has 0 unspecified atom stereocenters. The second-order valence-electron chi connectivity index (χ2n) is 5.35. The number of fused-ring (bicyclic) bond motifs is 1. The molecule has 23 heavy (non-hydrogen) atoms. The molecule has 0 aromatic carbocycles. The zero-order chi connectivity index (χ0) is 16.2. The quantitative estimate of drug-likeness (QED) is 0.659. The van der Waals surface area contributed by atoms with Crippen molar-refractivity contribution >= 4 is 21.6 Å². The van der Waals surface area contributed by atoms with Crippen molar-refractivity contribution in [2.75, 3.05) is 0 Å². The van der Waals surface area contributed by atoms with E-state index in [1.807, 2.05) is 13.0 Å². The van der Waals surface area contributed by atoms with Gasteiger partial charge in [-0.15, -0.1) is 0 Å². The third-order valence-corrected chi connectivity index (χ3v) is 4.00. The summed E-state index contributed by atoms with van der Waals surface area (Å²) in [5.41, 5.74) is 3.44. The predicted molar refractivity (Wildman–Crippen MR) is 90.4 cm³/mol. The molecule has 0 bridgehead atoms. The van der Waals surface area contributed by atoms with Crippen molar-refractivity contribution in [1.82, 2.24) is 24.6 Å². The van der Waals surface area contributed by atoms with Gasteiger partial charge in [0.2, 0.25) is 5.88 Å². The Kier molecular flexibility index (Phi) is 4.85. The number of aromatic nitrogens is 5. The van der Waals surface area contributed by atoms with Crippen LogP contribution in [0.3, 0.4) is 0 Å². The molecule has 0 N–H and O–H groups in total. The molecule has 0 fully saturated rings. The molecule has 6 nitrogen and oxygen atoms in total. The van der Waals surface area contributed by atoms with Crippen molar-refractivity contribution in [3.8, 4) is 5.88 Å². The van der Waals surface area contributed by atoms with Crippen molar-refractivity contribution < 1.29 is 4.74 Å². The van der Waals surface area contributed by atoms with Crippen LogP contribution >= 0.6 is 15.9 Å². The lowest BCUT2D eigenvalue weighted by molar-refractivity contribution is 0.280. The topological polar surface area (TPSA) is 65.2 Å². The number of aryl methyl sites for hydroxylation is 2. The number of hydrogen-bond donors (Lipinski definition) is 0. The third kappa shape index (κ3) is 3.67. The van der Waals surface area contributed by atoms with Gasteiger partial charge < -0.3 is 4.74 Å². The summed E-state index contributed by atoms with van der Waals surface area (Å²) in [4.78, 5) is 13.2. The van der Waals surface area contributed by atoms with Crippen LogP contribution in [0.2, 0.25) is 0 Å². The fourth-order valence-electron chi connectivity index (χ4n) is 2.19. The van der Waals surface area contributed by atoms with E-state index >= 15 is 0 Å². The molecule has 0 amide bonds. The van der Waals surface area contributed by atoms with E-state index in [-0.39, 0.29) is 0 Å². The van der Waals surface area contributed by atoms with Crippen LogP contribution in [-0.4, -0.2) is 24.6 Å². The fourth-order valence-corrected chi connectivity index (χ4v) is 2.53. The van der Waals surface area contributed by atoms with Gasteiger partial charge in [-0.25, -0.2) is 4.98 Å². The SMILES string of the molecule is CCCCc1cc(OCc2cnc(C)cn2)n2ncc(Br)c2n1. The van der Waals surface area contributed by atoms with E-state index < -0.39 is 0 Å². The lowest BCUT2D eigenvalue weighted by atomic mass is 10.2. The molecule has 3 heterocycles. The van der Waals surface area contributed by atoms with Crippen LogP contribution in [0.5, 0.6) is 5.88 Å². The monoisotopic (exact) mass is 375 g/mol. The standard InChI is InChI=1S/C16H18BrN5O/c1-3-4-5-12-6-15(22-16(21-12)14(17)9-20-22)23-10-13-8-18-11(2)7-19-13/h6-9H,3-5,10H2,1-2H3. The fraction of sp³-hybridized carbons (Fsp3) is 0.375. The van der Waals surface area contributed by atoms with Gasteiger partial charge in [0.1, 0.15) is 6.61 Å².